The van der Waals surface area contributed by atoms with Gasteiger partial charge in [-0.1, -0.05) is 23.9 Å². The van der Waals surface area contributed by atoms with E-state index in [1.807, 2.05) is 36.4 Å². The first-order valence-corrected chi connectivity index (χ1v) is 9.22. The van der Waals surface area contributed by atoms with Crippen LogP contribution in [-0.4, -0.2) is 29.7 Å². The summed E-state index contributed by atoms with van der Waals surface area (Å²) in [4.78, 5) is 13.1. The summed E-state index contributed by atoms with van der Waals surface area (Å²) < 4.78 is 2.07. The molecule has 0 radical (unpaired) electrons. The van der Waals surface area contributed by atoms with E-state index < -0.39 is 0 Å². The van der Waals surface area contributed by atoms with Crippen molar-refractivity contribution in [2.24, 2.45) is 0 Å². The summed E-state index contributed by atoms with van der Waals surface area (Å²) in [5, 5.41) is 10.4. The van der Waals surface area contributed by atoms with E-state index in [4.69, 9.17) is 5.73 Å². The largest absolute Gasteiger partial charge is 0.383 e. The lowest BCUT2D eigenvalue weighted by Crippen LogP contribution is -2.02. The summed E-state index contributed by atoms with van der Waals surface area (Å²) in [6.07, 6.45) is 3.51. The van der Waals surface area contributed by atoms with Crippen LogP contribution in [0, 0.1) is 0 Å². The van der Waals surface area contributed by atoms with Crippen LogP contribution < -0.4 is 5.73 Å². The van der Waals surface area contributed by atoms with Crippen LogP contribution in [0.5, 0.6) is 0 Å². The second kappa shape index (κ2) is 7.09. The molecule has 0 fully saturated rings. The fourth-order valence-corrected chi connectivity index (χ4v) is 3.60. The van der Waals surface area contributed by atoms with Crippen molar-refractivity contribution in [2.45, 2.75) is 24.4 Å². The molecule has 4 aromatic rings. The zero-order chi connectivity index (χ0) is 17.9. The van der Waals surface area contributed by atoms with Crippen molar-refractivity contribution in [1.82, 2.24) is 29.7 Å². The molecule has 0 aliphatic heterocycles. The Bertz CT molecular complexity index is 1050. The molecule has 8 heteroatoms. The molecular weight excluding hydrogens is 346 g/mol. The molecule has 0 aliphatic rings. The monoisotopic (exact) mass is 363 g/mol. The van der Waals surface area contributed by atoms with Crippen molar-refractivity contribution in [1.29, 1.82) is 0 Å². The summed E-state index contributed by atoms with van der Waals surface area (Å²) in [7, 11) is 0. The fourth-order valence-electron chi connectivity index (χ4n) is 2.74. The number of aromatic nitrogens is 6. The average Bonchev–Trinajstić information content (AvgIpc) is 3.10. The van der Waals surface area contributed by atoms with E-state index in [2.05, 4.69) is 36.6 Å². The Labute approximate surface area is 154 Å². The number of hydrogen-bond donors (Lipinski definition) is 1. The van der Waals surface area contributed by atoms with E-state index in [1.54, 1.807) is 24.2 Å². The van der Waals surface area contributed by atoms with E-state index in [0.717, 1.165) is 34.0 Å². The number of anilines is 1. The molecule has 0 unspecified atom stereocenters. The third-order valence-electron chi connectivity index (χ3n) is 3.98. The first-order valence-electron chi connectivity index (χ1n) is 8.23. The molecule has 26 heavy (non-hydrogen) atoms. The van der Waals surface area contributed by atoms with E-state index in [9.17, 15) is 0 Å². The van der Waals surface area contributed by atoms with Crippen LogP contribution in [0.15, 0.2) is 53.9 Å². The molecule has 0 bridgehead atoms. The highest BCUT2D eigenvalue weighted by molar-refractivity contribution is 7.98. The number of hydrogen-bond acceptors (Lipinski definition) is 7. The summed E-state index contributed by atoms with van der Waals surface area (Å²) in [6, 6.07) is 11.6. The minimum Gasteiger partial charge on any atom is -0.383 e. The number of nitrogens with two attached hydrogens (primary N) is 1. The molecule has 3 aromatic heterocycles. The Morgan fingerprint density at radius 1 is 1.04 bits per heavy atom. The highest BCUT2D eigenvalue weighted by Gasteiger charge is 2.14. The first-order chi connectivity index (χ1) is 12.8. The van der Waals surface area contributed by atoms with Crippen molar-refractivity contribution < 1.29 is 0 Å². The number of pyridine rings is 1. The van der Waals surface area contributed by atoms with Gasteiger partial charge < -0.3 is 10.3 Å². The van der Waals surface area contributed by atoms with Crippen molar-refractivity contribution >= 4 is 28.5 Å². The van der Waals surface area contributed by atoms with Crippen molar-refractivity contribution in [3.05, 3.63) is 54.6 Å². The lowest BCUT2D eigenvalue weighted by atomic mass is 10.2. The molecule has 0 spiro atoms. The molecule has 0 saturated heterocycles. The standard InChI is InChI=1S/C18H17N7S/c1-2-25-17(12-7-9-20-10-8-12)23-24-18(25)26-11-15-21-14-6-4-3-5-13(14)16(19)22-15/h3-10H,2,11H2,1H3,(H2,19,21,22). The second-order valence-corrected chi connectivity index (χ2v) is 6.56. The summed E-state index contributed by atoms with van der Waals surface area (Å²) in [5.74, 6) is 2.59. The summed E-state index contributed by atoms with van der Waals surface area (Å²) in [5.41, 5.74) is 7.91. The van der Waals surface area contributed by atoms with Gasteiger partial charge in [0.2, 0.25) is 0 Å². The Hall–Kier alpha value is -3.00. The van der Waals surface area contributed by atoms with Gasteiger partial charge in [-0.15, -0.1) is 10.2 Å². The third kappa shape index (κ3) is 3.11. The number of benzene rings is 1. The van der Waals surface area contributed by atoms with Gasteiger partial charge in [0.1, 0.15) is 11.6 Å². The van der Waals surface area contributed by atoms with Crippen molar-refractivity contribution in [3.8, 4) is 11.4 Å². The van der Waals surface area contributed by atoms with E-state index in [1.165, 1.54) is 0 Å². The third-order valence-corrected chi connectivity index (χ3v) is 4.94. The van der Waals surface area contributed by atoms with Crippen LogP contribution in [0.2, 0.25) is 0 Å². The van der Waals surface area contributed by atoms with Gasteiger partial charge in [0, 0.05) is 29.9 Å². The van der Waals surface area contributed by atoms with Crippen LogP contribution in [0.4, 0.5) is 5.82 Å². The maximum absolute atomic E-state index is 6.06. The molecule has 2 N–H and O–H groups in total. The maximum Gasteiger partial charge on any atom is 0.191 e. The zero-order valence-electron chi connectivity index (χ0n) is 14.2. The Balaban J connectivity index is 1.60. The summed E-state index contributed by atoms with van der Waals surface area (Å²) >= 11 is 1.55. The smallest absolute Gasteiger partial charge is 0.191 e. The van der Waals surface area contributed by atoms with Gasteiger partial charge in [-0.05, 0) is 31.2 Å². The van der Waals surface area contributed by atoms with Crippen LogP contribution in [0.1, 0.15) is 12.7 Å². The zero-order valence-corrected chi connectivity index (χ0v) is 15.0. The number of para-hydroxylation sites is 1. The molecule has 4 rings (SSSR count). The Kier molecular flexibility index (Phi) is 4.49. The van der Waals surface area contributed by atoms with Gasteiger partial charge >= 0.3 is 0 Å². The number of nitrogen functional groups attached to an aromatic ring is 1. The van der Waals surface area contributed by atoms with Crippen LogP contribution in [0.3, 0.4) is 0 Å². The van der Waals surface area contributed by atoms with Crippen molar-refractivity contribution in [3.63, 3.8) is 0 Å². The van der Waals surface area contributed by atoms with E-state index in [-0.39, 0.29) is 0 Å². The van der Waals surface area contributed by atoms with E-state index >= 15 is 0 Å². The summed E-state index contributed by atoms with van der Waals surface area (Å²) in [6.45, 7) is 2.84. The first kappa shape index (κ1) is 16.5. The lowest BCUT2D eigenvalue weighted by Gasteiger charge is -2.08. The van der Waals surface area contributed by atoms with Gasteiger partial charge in [0.05, 0.1) is 11.3 Å². The maximum atomic E-state index is 6.06. The molecule has 0 amide bonds. The highest BCUT2D eigenvalue weighted by Crippen LogP contribution is 2.26. The Morgan fingerprint density at radius 3 is 2.65 bits per heavy atom. The van der Waals surface area contributed by atoms with Crippen LogP contribution in [0.25, 0.3) is 22.3 Å². The normalized spacial score (nSPS) is 11.1. The number of thioether (sulfide) groups is 1. The number of nitrogens with zero attached hydrogens (tertiary/aromatic N) is 6. The molecule has 0 atom stereocenters. The topological polar surface area (TPSA) is 95.4 Å². The van der Waals surface area contributed by atoms with Crippen LogP contribution >= 0.6 is 11.8 Å². The average molecular weight is 363 g/mol. The predicted octanol–water partition coefficient (Wildman–Crippen LogP) is 3.18. The number of fused-ring (bicyclic) bond motifs is 1. The second-order valence-electron chi connectivity index (χ2n) is 5.62. The predicted molar refractivity (Wildman–Crippen MR) is 102 cm³/mol. The molecule has 0 aliphatic carbocycles. The minimum absolute atomic E-state index is 0.501. The van der Waals surface area contributed by atoms with Gasteiger partial charge in [-0.3, -0.25) is 4.98 Å². The van der Waals surface area contributed by atoms with Gasteiger partial charge in [0.15, 0.2) is 11.0 Å². The minimum atomic E-state index is 0.501. The van der Waals surface area contributed by atoms with E-state index in [0.29, 0.717) is 17.4 Å². The van der Waals surface area contributed by atoms with Crippen LogP contribution in [-0.2, 0) is 12.3 Å². The quantitative estimate of drug-likeness (QED) is 0.544. The lowest BCUT2D eigenvalue weighted by molar-refractivity contribution is 0.687. The molecular formula is C18H17N7S. The molecule has 3 heterocycles. The SMILES string of the molecule is CCn1c(SCc2nc(N)c3ccccc3n2)nnc1-c1ccncc1. The molecule has 7 nitrogen and oxygen atoms in total. The number of rotatable bonds is 5. The molecule has 1 aromatic carbocycles. The highest BCUT2D eigenvalue weighted by atomic mass is 32.2. The van der Waals surface area contributed by atoms with Crippen molar-refractivity contribution in [2.75, 3.05) is 5.73 Å². The Morgan fingerprint density at radius 2 is 1.85 bits per heavy atom. The van der Waals surface area contributed by atoms with Gasteiger partial charge in [0.25, 0.3) is 0 Å². The van der Waals surface area contributed by atoms with Gasteiger partial charge in [-0.2, -0.15) is 0 Å². The van der Waals surface area contributed by atoms with Gasteiger partial charge in [-0.25, -0.2) is 9.97 Å². The molecule has 130 valence electrons. The molecule has 0 saturated carbocycles. The fraction of sp³-hybridized carbons (Fsp3) is 0.167.